The van der Waals surface area contributed by atoms with E-state index >= 15 is 0 Å². The van der Waals surface area contributed by atoms with E-state index in [4.69, 9.17) is 14.2 Å². The van der Waals surface area contributed by atoms with Crippen LogP contribution >= 0.6 is 0 Å². The third-order valence-corrected chi connectivity index (χ3v) is 8.94. The lowest BCUT2D eigenvalue weighted by Gasteiger charge is -2.18. The van der Waals surface area contributed by atoms with Gasteiger partial charge in [0.1, 0.15) is 13.2 Å². The molecular weight excluding hydrogens is 673 g/mol. The molecule has 6 nitrogen and oxygen atoms in total. The summed E-state index contributed by atoms with van der Waals surface area (Å²) < 4.78 is 16.6. The predicted octanol–water partition coefficient (Wildman–Crippen LogP) is 13.9. The number of hydrogen-bond acceptors (Lipinski definition) is 6. The van der Waals surface area contributed by atoms with Crippen LogP contribution in [-0.2, 0) is 28.6 Å². The van der Waals surface area contributed by atoms with Crippen LogP contribution in [0.25, 0.3) is 0 Å². The second-order valence-electron chi connectivity index (χ2n) is 14.2. The van der Waals surface area contributed by atoms with Gasteiger partial charge in [-0.1, -0.05) is 158 Å². The zero-order chi connectivity index (χ0) is 39.4. The Hall–Kier alpha value is -3.15. The van der Waals surface area contributed by atoms with E-state index in [9.17, 15) is 14.4 Å². The first-order valence-corrected chi connectivity index (χ1v) is 22.0. The molecule has 1 unspecified atom stereocenters. The van der Waals surface area contributed by atoms with Crippen LogP contribution in [0.1, 0.15) is 194 Å². The second kappa shape index (κ2) is 42.6. The van der Waals surface area contributed by atoms with Gasteiger partial charge in [0, 0.05) is 19.3 Å². The molecule has 0 aliphatic carbocycles. The van der Waals surface area contributed by atoms with Crippen LogP contribution in [0.5, 0.6) is 0 Å². The van der Waals surface area contributed by atoms with E-state index in [0.717, 1.165) is 89.9 Å². The minimum Gasteiger partial charge on any atom is -0.462 e. The molecule has 0 amide bonds. The van der Waals surface area contributed by atoms with Crippen LogP contribution in [-0.4, -0.2) is 37.2 Å². The van der Waals surface area contributed by atoms with Crippen LogP contribution in [0, 0.1) is 0 Å². The minimum absolute atomic E-state index is 0.113. The fraction of sp³-hybridized carbons (Fsp3) is 0.688. The quantitative estimate of drug-likeness (QED) is 0.0205. The average Bonchev–Trinajstić information content (AvgIpc) is 3.17. The van der Waals surface area contributed by atoms with Gasteiger partial charge >= 0.3 is 17.9 Å². The molecule has 0 aliphatic heterocycles. The maximum atomic E-state index is 12.6. The van der Waals surface area contributed by atoms with Crippen molar-refractivity contribution >= 4 is 17.9 Å². The third kappa shape index (κ3) is 40.0. The van der Waals surface area contributed by atoms with Crippen LogP contribution in [0.15, 0.2) is 72.9 Å². The van der Waals surface area contributed by atoms with E-state index in [-0.39, 0.29) is 37.5 Å². The molecule has 0 fully saturated rings. The molecule has 1 atom stereocenters. The third-order valence-electron chi connectivity index (χ3n) is 8.94. The van der Waals surface area contributed by atoms with E-state index in [2.05, 4.69) is 93.7 Å². The van der Waals surface area contributed by atoms with Crippen molar-refractivity contribution in [1.82, 2.24) is 0 Å². The van der Waals surface area contributed by atoms with Gasteiger partial charge in [0.2, 0.25) is 0 Å². The number of esters is 3. The van der Waals surface area contributed by atoms with Crippen molar-refractivity contribution in [2.45, 2.75) is 200 Å². The van der Waals surface area contributed by atoms with E-state index in [1.165, 1.54) is 57.8 Å². The Balaban J connectivity index is 4.50. The Labute approximate surface area is 332 Å². The molecule has 0 heterocycles. The first-order valence-electron chi connectivity index (χ1n) is 22.0. The highest BCUT2D eigenvalue weighted by Gasteiger charge is 2.19. The predicted molar refractivity (Wildman–Crippen MR) is 228 cm³/mol. The monoisotopic (exact) mass is 753 g/mol. The van der Waals surface area contributed by atoms with Gasteiger partial charge < -0.3 is 14.2 Å². The molecule has 0 radical (unpaired) electrons. The topological polar surface area (TPSA) is 78.9 Å². The summed E-state index contributed by atoms with van der Waals surface area (Å²) in [6.45, 7) is 6.35. The van der Waals surface area contributed by atoms with Crippen molar-refractivity contribution in [2.24, 2.45) is 0 Å². The number of hydrogen-bond donors (Lipinski definition) is 0. The van der Waals surface area contributed by atoms with E-state index in [0.29, 0.717) is 19.3 Å². The molecule has 0 bridgehead atoms. The van der Waals surface area contributed by atoms with Crippen molar-refractivity contribution in [1.29, 1.82) is 0 Å². The van der Waals surface area contributed by atoms with Crippen LogP contribution < -0.4 is 0 Å². The van der Waals surface area contributed by atoms with Crippen molar-refractivity contribution < 1.29 is 28.6 Å². The fourth-order valence-corrected chi connectivity index (χ4v) is 5.61. The van der Waals surface area contributed by atoms with Gasteiger partial charge in [-0.3, -0.25) is 14.4 Å². The molecule has 0 aliphatic rings. The van der Waals surface area contributed by atoms with Crippen LogP contribution in [0.3, 0.4) is 0 Å². The lowest BCUT2D eigenvalue weighted by Crippen LogP contribution is -2.30. The number of rotatable bonds is 38. The smallest absolute Gasteiger partial charge is 0.306 e. The van der Waals surface area contributed by atoms with Crippen molar-refractivity contribution in [3.63, 3.8) is 0 Å². The zero-order valence-corrected chi connectivity index (χ0v) is 35.0. The number of carbonyl (C=O) groups excluding carboxylic acids is 3. The summed E-state index contributed by atoms with van der Waals surface area (Å²) in [7, 11) is 0. The largest absolute Gasteiger partial charge is 0.462 e. The molecule has 308 valence electrons. The normalized spacial score (nSPS) is 12.7. The summed E-state index contributed by atoms with van der Waals surface area (Å²) >= 11 is 0. The first-order chi connectivity index (χ1) is 26.5. The van der Waals surface area contributed by atoms with Gasteiger partial charge in [-0.25, -0.2) is 0 Å². The summed E-state index contributed by atoms with van der Waals surface area (Å²) in [6.07, 6.45) is 51.8. The van der Waals surface area contributed by atoms with Crippen molar-refractivity contribution in [3.05, 3.63) is 72.9 Å². The van der Waals surface area contributed by atoms with Gasteiger partial charge in [-0.2, -0.15) is 0 Å². The van der Waals surface area contributed by atoms with Crippen LogP contribution in [0.2, 0.25) is 0 Å². The van der Waals surface area contributed by atoms with Crippen LogP contribution in [0.4, 0.5) is 0 Å². The molecule has 0 N–H and O–H groups in total. The summed E-state index contributed by atoms with van der Waals surface area (Å²) in [4.78, 5) is 37.6. The Morgan fingerprint density at radius 2 is 0.815 bits per heavy atom. The summed E-state index contributed by atoms with van der Waals surface area (Å²) in [5, 5.41) is 0. The average molecular weight is 753 g/mol. The molecule has 0 aromatic rings. The number of allylic oxidation sites excluding steroid dienone is 12. The Kier molecular flexibility index (Phi) is 40.1. The summed E-state index contributed by atoms with van der Waals surface area (Å²) in [5.41, 5.74) is 0. The number of ether oxygens (including phenoxy) is 3. The second-order valence-corrected chi connectivity index (χ2v) is 14.2. The molecule has 0 aromatic carbocycles. The molecule has 0 saturated heterocycles. The Morgan fingerprint density at radius 3 is 1.37 bits per heavy atom. The van der Waals surface area contributed by atoms with Gasteiger partial charge in [-0.15, -0.1) is 0 Å². The molecule has 6 heteroatoms. The van der Waals surface area contributed by atoms with E-state index < -0.39 is 6.10 Å². The number of unbranched alkanes of at least 4 members (excludes halogenated alkanes) is 16. The van der Waals surface area contributed by atoms with E-state index in [1.807, 2.05) is 0 Å². The summed E-state index contributed by atoms with van der Waals surface area (Å²) in [5.74, 6) is -1.02. The lowest BCUT2D eigenvalue weighted by atomic mass is 10.1. The highest BCUT2D eigenvalue weighted by molar-refractivity contribution is 5.71. The standard InChI is InChI=1S/C48H80O6/c1-4-7-10-13-16-19-22-23-24-27-29-32-35-38-41-47(50)53-44-45(54-48(51)42-39-36-33-30-26-21-18-15-12-9-6-3)43-52-46(49)40-37-34-31-28-25-20-17-14-11-8-5-2/h9,12,14,17-18,20-21,24-25,27,30,33,45H,4-8,10-11,13,15-16,19,22-23,26,28-29,31-32,34-44H2,1-3H3/b12-9-,17-14-,21-18-,25-20-,27-24-,33-30-. The maximum absolute atomic E-state index is 12.6. The van der Waals surface area contributed by atoms with Gasteiger partial charge in [-0.05, 0) is 89.9 Å². The molecule has 0 aromatic heterocycles. The SMILES string of the molecule is CC/C=C\C/C=C\C/C=C\CCCC(=O)OC(COC(=O)CCCCC/C=C\C=C/CCCC)COC(=O)CCCCC/C=C\CCCCCCCCC. The summed E-state index contributed by atoms with van der Waals surface area (Å²) in [6, 6.07) is 0. The lowest BCUT2D eigenvalue weighted by molar-refractivity contribution is -0.167. The molecule has 54 heavy (non-hydrogen) atoms. The molecule has 0 spiro atoms. The minimum atomic E-state index is -0.815. The molecule has 0 saturated carbocycles. The molecular formula is C48H80O6. The Morgan fingerprint density at radius 1 is 0.407 bits per heavy atom. The first kappa shape index (κ1) is 50.9. The zero-order valence-electron chi connectivity index (χ0n) is 35.0. The Bertz CT molecular complexity index is 1050. The van der Waals surface area contributed by atoms with Crippen molar-refractivity contribution in [2.75, 3.05) is 13.2 Å². The van der Waals surface area contributed by atoms with Gasteiger partial charge in [0.25, 0.3) is 0 Å². The highest BCUT2D eigenvalue weighted by atomic mass is 16.6. The molecule has 0 rings (SSSR count). The van der Waals surface area contributed by atoms with Gasteiger partial charge in [0.15, 0.2) is 6.10 Å². The van der Waals surface area contributed by atoms with Gasteiger partial charge in [0.05, 0.1) is 0 Å². The number of carbonyl (C=O) groups is 3. The highest BCUT2D eigenvalue weighted by Crippen LogP contribution is 2.11. The maximum Gasteiger partial charge on any atom is 0.306 e. The fourth-order valence-electron chi connectivity index (χ4n) is 5.61. The van der Waals surface area contributed by atoms with Crippen molar-refractivity contribution in [3.8, 4) is 0 Å². The van der Waals surface area contributed by atoms with E-state index in [1.54, 1.807) is 0 Å².